The van der Waals surface area contributed by atoms with Gasteiger partial charge in [-0.25, -0.2) is 4.79 Å². The summed E-state index contributed by atoms with van der Waals surface area (Å²) in [7, 11) is 0. The molecule has 0 saturated heterocycles. The van der Waals surface area contributed by atoms with Crippen molar-refractivity contribution >= 4 is 17.8 Å². The zero-order valence-electron chi connectivity index (χ0n) is 14.3. The third-order valence-corrected chi connectivity index (χ3v) is 6.09. The monoisotopic (exact) mass is 332 g/mol. The van der Waals surface area contributed by atoms with E-state index in [9.17, 15) is 9.59 Å². The van der Waals surface area contributed by atoms with Gasteiger partial charge < -0.3 is 9.26 Å². The summed E-state index contributed by atoms with van der Waals surface area (Å²) in [5.41, 5.74) is 0.380. The van der Waals surface area contributed by atoms with Crippen molar-refractivity contribution in [2.45, 2.75) is 52.4 Å². The topological polar surface area (TPSA) is 81.4 Å². The van der Waals surface area contributed by atoms with Crippen LogP contribution in [-0.4, -0.2) is 23.6 Å². The molecule has 0 aliphatic heterocycles. The van der Waals surface area contributed by atoms with Crippen LogP contribution in [-0.2, 0) is 9.53 Å². The molecule has 1 aromatic heterocycles. The van der Waals surface area contributed by atoms with Gasteiger partial charge in [0.2, 0.25) is 11.8 Å². The lowest BCUT2D eigenvalue weighted by Gasteiger charge is -2.55. The summed E-state index contributed by atoms with van der Waals surface area (Å²) in [4.78, 5) is 25.2. The molecule has 5 rings (SSSR count). The second-order valence-electron chi connectivity index (χ2n) is 7.84. The summed E-state index contributed by atoms with van der Waals surface area (Å²) < 4.78 is 10.3. The van der Waals surface area contributed by atoms with Crippen LogP contribution in [0.15, 0.2) is 4.52 Å². The Hall–Kier alpha value is -1.85. The Balaban J connectivity index is 1.56. The number of nitrogens with one attached hydrogen (secondary N) is 1. The van der Waals surface area contributed by atoms with Crippen LogP contribution in [0.2, 0.25) is 0 Å². The second kappa shape index (κ2) is 5.60. The van der Waals surface area contributed by atoms with Crippen molar-refractivity contribution in [3.05, 3.63) is 11.3 Å². The number of amides is 1. The van der Waals surface area contributed by atoms with E-state index >= 15 is 0 Å². The number of carbonyl (C=O) groups excluding carboxylic acids is 2. The molecule has 4 aliphatic carbocycles. The summed E-state index contributed by atoms with van der Waals surface area (Å²) in [5.74, 6) is 1.67. The zero-order chi connectivity index (χ0) is 16.9. The van der Waals surface area contributed by atoms with Crippen molar-refractivity contribution in [3.63, 3.8) is 0 Å². The summed E-state index contributed by atoms with van der Waals surface area (Å²) in [6, 6.07) is 0. The van der Waals surface area contributed by atoms with Gasteiger partial charge in [0.15, 0.2) is 0 Å². The summed E-state index contributed by atoms with van der Waals surface area (Å²) in [5, 5.41) is 6.69. The minimum Gasteiger partial charge on any atom is -0.462 e. The fourth-order valence-electron chi connectivity index (χ4n) is 5.52. The summed E-state index contributed by atoms with van der Waals surface area (Å²) in [6.07, 6.45) is 6.73. The van der Waals surface area contributed by atoms with E-state index < -0.39 is 5.97 Å². The predicted octanol–water partition coefficient (Wildman–Crippen LogP) is 3.31. The van der Waals surface area contributed by atoms with Crippen LogP contribution < -0.4 is 5.32 Å². The molecular formula is C18H24N2O4. The van der Waals surface area contributed by atoms with Crippen LogP contribution in [0.4, 0.5) is 5.88 Å². The Kier molecular flexibility index (Phi) is 3.66. The zero-order valence-corrected chi connectivity index (χ0v) is 14.3. The van der Waals surface area contributed by atoms with Crippen LogP contribution in [0.3, 0.4) is 0 Å². The number of carbonyl (C=O) groups is 2. The van der Waals surface area contributed by atoms with Gasteiger partial charge in [0.25, 0.3) is 0 Å². The molecule has 24 heavy (non-hydrogen) atoms. The van der Waals surface area contributed by atoms with Gasteiger partial charge in [-0.3, -0.25) is 10.1 Å². The molecule has 1 N–H and O–H groups in total. The first-order valence-electron chi connectivity index (χ1n) is 8.95. The number of rotatable bonds is 4. The van der Waals surface area contributed by atoms with E-state index in [1.165, 1.54) is 19.3 Å². The number of hydrogen-bond donors (Lipinski definition) is 1. The molecule has 6 nitrogen and oxygen atoms in total. The van der Waals surface area contributed by atoms with Crippen molar-refractivity contribution < 1.29 is 18.8 Å². The Morgan fingerprint density at radius 3 is 2.33 bits per heavy atom. The molecule has 6 heteroatoms. The van der Waals surface area contributed by atoms with E-state index in [2.05, 4.69) is 10.5 Å². The quantitative estimate of drug-likeness (QED) is 0.855. The van der Waals surface area contributed by atoms with Crippen LogP contribution >= 0.6 is 0 Å². The van der Waals surface area contributed by atoms with Gasteiger partial charge >= 0.3 is 5.97 Å². The van der Waals surface area contributed by atoms with Crippen LogP contribution in [0.1, 0.15) is 61.5 Å². The van der Waals surface area contributed by atoms with Crippen molar-refractivity contribution in [1.29, 1.82) is 0 Å². The van der Waals surface area contributed by atoms with Crippen LogP contribution in [0, 0.1) is 30.1 Å². The fourth-order valence-corrected chi connectivity index (χ4v) is 5.52. The van der Waals surface area contributed by atoms with Crippen molar-refractivity contribution in [2.75, 3.05) is 11.9 Å². The highest BCUT2D eigenvalue weighted by Gasteiger charge is 2.54. The summed E-state index contributed by atoms with van der Waals surface area (Å²) in [6.45, 7) is 3.69. The molecule has 0 aromatic carbocycles. The van der Waals surface area contributed by atoms with Crippen molar-refractivity contribution in [3.8, 4) is 0 Å². The first-order valence-corrected chi connectivity index (χ1v) is 8.95. The largest absolute Gasteiger partial charge is 0.462 e. The normalized spacial score (nSPS) is 33.5. The average Bonchev–Trinajstić information content (AvgIpc) is 2.87. The van der Waals surface area contributed by atoms with Gasteiger partial charge in [0.05, 0.1) is 17.7 Å². The molecule has 0 radical (unpaired) electrons. The van der Waals surface area contributed by atoms with Gasteiger partial charge in [-0.2, -0.15) is 0 Å². The van der Waals surface area contributed by atoms with Crippen LogP contribution in [0.5, 0.6) is 0 Å². The SMILES string of the molecule is CCOC(=O)c1c(C)noc1NC(=O)C12CC3CC(CC(C3)C1)C2. The molecule has 1 aromatic rings. The van der Waals surface area contributed by atoms with Crippen LogP contribution in [0.25, 0.3) is 0 Å². The molecular weight excluding hydrogens is 308 g/mol. The lowest BCUT2D eigenvalue weighted by Crippen LogP contribution is -2.51. The maximum absolute atomic E-state index is 13.1. The highest BCUT2D eigenvalue weighted by molar-refractivity contribution is 6.02. The minimum atomic E-state index is -0.503. The fraction of sp³-hybridized carbons (Fsp3) is 0.722. The molecule has 1 amide bonds. The molecule has 4 bridgehead atoms. The highest BCUT2D eigenvalue weighted by Crippen LogP contribution is 2.60. The van der Waals surface area contributed by atoms with Crippen molar-refractivity contribution in [1.82, 2.24) is 5.16 Å². The number of aromatic nitrogens is 1. The second-order valence-corrected chi connectivity index (χ2v) is 7.84. The van der Waals surface area contributed by atoms with Crippen molar-refractivity contribution in [2.24, 2.45) is 23.2 Å². The molecule has 0 spiro atoms. The molecule has 4 saturated carbocycles. The van der Waals surface area contributed by atoms with Gasteiger partial charge in [0, 0.05) is 0 Å². The van der Waals surface area contributed by atoms with E-state index in [-0.39, 0.29) is 29.4 Å². The molecule has 1 heterocycles. The average molecular weight is 332 g/mol. The van der Waals surface area contributed by atoms with E-state index in [0.29, 0.717) is 23.4 Å². The number of hydrogen-bond acceptors (Lipinski definition) is 5. The van der Waals surface area contributed by atoms with Gasteiger partial charge in [-0.05, 0) is 70.1 Å². The Morgan fingerprint density at radius 1 is 1.21 bits per heavy atom. The molecule has 0 atom stereocenters. The number of ether oxygens (including phenoxy) is 1. The Morgan fingerprint density at radius 2 is 1.79 bits per heavy atom. The standard InChI is InChI=1S/C18H24N2O4/c1-3-23-16(21)14-10(2)20-24-15(14)19-17(22)18-7-11-4-12(8-18)6-13(5-11)9-18/h11-13H,3-9H2,1-2H3,(H,19,22). The first-order chi connectivity index (χ1) is 11.5. The Labute approximate surface area is 141 Å². The molecule has 0 unspecified atom stereocenters. The van der Waals surface area contributed by atoms with E-state index in [1.54, 1.807) is 13.8 Å². The van der Waals surface area contributed by atoms with Gasteiger partial charge in [-0.15, -0.1) is 0 Å². The van der Waals surface area contributed by atoms with Gasteiger partial charge in [0.1, 0.15) is 5.56 Å². The molecule has 4 aliphatic rings. The number of aryl methyl sites for hydroxylation is 1. The lowest BCUT2D eigenvalue weighted by atomic mass is 9.49. The first kappa shape index (κ1) is 15.7. The Bertz CT molecular complexity index is 643. The maximum Gasteiger partial charge on any atom is 0.345 e. The minimum absolute atomic E-state index is 0.0108. The van der Waals surface area contributed by atoms with E-state index in [4.69, 9.17) is 9.26 Å². The lowest BCUT2D eigenvalue weighted by molar-refractivity contribution is -0.140. The third kappa shape index (κ3) is 2.43. The predicted molar refractivity (Wildman–Crippen MR) is 86.4 cm³/mol. The summed E-state index contributed by atoms with van der Waals surface area (Å²) >= 11 is 0. The van der Waals surface area contributed by atoms with E-state index in [0.717, 1.165) is 19.3 Å². The maximum atomic E-state index is 13.1. The molecule has 4 fully saturated rings. The van der Waals surface area contributed by atoms with Gasteiger partial charge in [-0.1, -0.05) is 5.16 Å². The highest BCUT2D eigenvalue weighted by atomic mass is 16.5. The number of nitrogens with zero attached hydrogens (tertiary/aromatic N) is 1. The smallest absolute Gasteiger partial charge is 0.345 e. The molecule has 130 valence electrons. The number of esters is 1. The number of anilines is 1. The third-order valence-electron chi connectivity index (χ3n) is 6.09. The van der Waals surface area contributed by atoms with E-state index in [1.807, 2.05) is 0 Å².